The van der Waals surface area contributed by atoms with E-state index in [2.05, 4.69) is 66.4 Å². The lowest BCUT2D eigenvalue weighted by Gasteiger charge is -2.30. The molecule has 0 radical (unpaired) electrons. The fraction of sp³-hybridized carbons (Fsp3) is 0.583. The van der Waals surface area contributed by atoms with Crippen LogP contribution >= 0.6 is 0 Å². The zero-order valence-electron chi connectivity index (χ0n) is 19.2. The summed E-state index contributed by atoms with van der Waals surface area (Å²) in [6.45, 7) is 10.7. The van der Waals surface area contributed by atoms with E-state index in [4.69, 9.17) is 0 Å². The molecule has 3 heterocycles. The van der Waals surface area contributed by atoms with Gasteiger partial charge in [0.2, 0.25) is 5.82 Å². The molecule has 0 spiro atoms. The molecule has 7 heteroatoms. The number of nitrogens with zero attached hydrogens (tertiary/aromatic N) is 4. The van der Waals surface area contributed by atoms with Crippen molar-refractivity contribution in [1.29, 1.82) is 0 Å². The summed E-state index contributed by atoms with van der Waals surface area (Å²) in [5.41, 5.74) is 2.65. The molecule has 0 amide bonds. The number of aryl methyl sites for hydroxylation is 1. The second kappa shape index (κ2) is 8.91. The van der Waals surface area contributed by atoms with Gasteiger partial charge in [-0.25, -0.2) is 4.68 Å². The highest BCUT2D eigenvalue weighted by atomic mass is 16.1. The molecule has 2 aromatic heterocycles. The lowest BCUT2D eigenvalue weighted by molar-refractivity contribution is -0.925. The van der Waals surface area contributed by atoms with Gasteiger partial charge in [-0.05, 0) is 91.9 Å². The Morgan fingerprint density at radius 3 is 2.55 bits per heavy atom. The van der Waals surface area contributed by atoms with Gasteiger partial charge >= 0.3 is 0 Å². The Hall–Kier alpha value is -2.54. The van der Waals surface area contributed by atoms with Gasteiger partial charge in [-0.1, -0.05) is 19.9 Å². The highest BCUT2D eigenvalue weighted by Crippen LogP contribution is 2.25. The van der Waals surface area contributed by atoms with Crippen molar-refractivity contribution < 1.29 is 4.90 Å². The SMILES string of the molecule is CCc1ccc2[nH]c(=O)c([C@H](c3nnnn3C(C)(C)CC)[NH+]3CCCCCC3)cc2c1. The first-order valence-electron chi connectivity index (χ1n) is 11.7. The molecule has 166 valence electrons. The number of likely N-dealkylation sites (tertiary alicyclic amines) is 1. The molecular formula is C24H35N6O+. The first-order chi connectivity index (χ1) is 14.9. The third kappa shape index (κ3) is 4.28. The average Bonchev–Trinajstić information content (AvgIpc) is 3.11. The Kier molecular flexibility index (Phi) is 6.23. The predicted octanol–water partition coefficient (Wildman–Crippen LogP) is 2.77. The Balaban J connectivity index is 1.91. The number of rotatable bonds is 6. The molecule has 1 aliphatic heterocycles. The normalized spacial score (nSPS) is 17.0. The van der Waals surface area contributed by atoms with Gasteiger partial charge in [0.15, 0.2) is 6.04 Å². The summed E-state index contributed by atoms with van der Waals surface area (Å²) in [6, 6.07) is 8.17. The number of aromatic nitrogens is 5. The van der Waals surface area contributed by atoms with Crippen LogP contribution in [0.2, 0.25) is 0 Å². The van der Waals surface area contributed by atoms with E-state index in [9.17, 15) is 4.79 Å². The summed E-state index contributed by atoms with van der Waals surface area (Å²) < 4.78 is 1.95. The minimum absolute atomic E-state index is 0.0395. The van der Waals surface area contributed by atoms with Crippen LogP contribution in [0.5, 0.6) is 0 Å². The maximum atomic E-state index is 13.3. The zero-order valence-corrected chi connectivity index (χ0v) is 19.2. The quantitative estimate of drug-likeness (QED) is 0.639. The van der Waals surface area contributed by atoms with E-state index in [1.807, 2.05) is 10.7 Å². The van der Waals surface area contributed by atoms with E-state index in [0.717, 1.165) is 61.1 Å². The largest absolute Gasteiger partial charge is 0.322 e. The lowest BCUT2D eigenvalue weighted by Crippen LogP contribution is -3.12. The second-order valence-electron chi connectivity index (χ2n) is 9.45. The van der Waals surface area contributed by atoms with Crippen LogP contribution in [0.25, 0.3) is 10.9 Å². The number of hydrogen-bond donors (Lipinski definition) is 2. The van der Waals surface area contributed by atoms with Crippen LogP contribution in [0.1, 0.15) is 82.8 Å². The van der Waals surface area contributed by atoms with E-state index < -0.39 is 0 Å². The lowest BCUT2D eigenvalue weighted by atomic mass is 9.98. The number of aromatic amines is 1. The molecule has 3 aromatic rings. The van der Waals surface area contributed by atoms with Crippen molar-refractivity contribution >= 4 is 10.9 Å². The van der Waals surface area contributed by atoms with Crippen molar-refractivity contribution in [2.45, 2.75) is 77.8 Å². The molecule has 1 aliphatic rings. The number of quaternary nitrogens is 1. The van der Waals surface area contributed by atoms with Gasteiger partial charge in [0.05, 0.1) is 24.2 Å². The maximum Gasteiger partial charge on any atom is 0.258 e. The summed E-state index contributed by atoms with van der Waals surface area (Å²) in [4.78, 5) is 17.9. The molecule has 1 fully saturated rings. The van der Waals surface area contributed by atoms with Crippen molar-refractivity contribution in [3.63, 3.8) is 0 Å². The third-order valence-electron chi connectivity index (χ3n) is 7.00. The van der Waals surface area contributed by atoms with Crippen molar-refractivity contribution in [2.75, 3.05) is 13.1 Å². The summed E-state index contributed by atoms with van der Waals surface area (Å²) in [7, 11) is 0. The number of benzene rings is 1. The zero-order chi connectivity index (χ0) is 22.0. The van der Waals surface area contributed by atoms with Crippen LogP contribution in [0.3, 0.4) is 0 Å². The maximum absolute atomic E-state index is 13.3. The van der Waals surface area contributed by atoms with Gasteiger partial charge in [-0.3, -0.25) is 4.79 Å². The Morgan fingerprint density at radius 1 is 1.13 bits per heavy atom. The Labute approximate surface area is 183 Å². The fourth-order valence-electron chi connectivity index (χ4n) is 4.68. The van der Waals surface area contributed by atoms with E-state index in [0.29, 0.717) is 0 Å². The van der Waals surface area contributed by atoms with E-state index >= 15 is 0 Å². The first-order valence-corrected chi connectivity index (χ1v) is 11.7. The van der Waals surface area contributed by atoms with Crippen molar-refractivity contribution in [1.82, 2.24) is 25.2 Å². The highest BCUT2D eigenvalue weighted by Gasteiger charge is 2.37. The minimum Gasteiger partial charge on any atom is -0.322 e. The number of hydrogen-bond acceptors (Lipinski definition) is 4. The molecule has 7 nitrogen and oxygen atoms in total. The first kappa shape index (κ1) is 21.7. The average molecular weight is 424 g/mol. The van der Waals surface area contributed by atoms with E-state index in [-0.39, 0.29) is 17.1 Å². The molecule has 2 N–H and O–H groups in total. The van der Waals surface area contributed by atoms with Crippen LogP contribution in [0, 0.1) is 0 Å². The van der Waals surface area contributed by atoms with Gasteiger partial charge in [0.1, 0.15) is 0 Å². The summed E-state index contributed by atoms with van der Waals surface area (Å²) in [5.74, 6) is 0.792. The van der Waals surface area contributed by atoms with Crippen LogP contribution in [-0.2, 0) is 12.0 Å². The second-order valence-corrected chi connectivity index (χ2v) is 9.45. The van der Waals surface area contributed by atoms with Gasteiger partial charge in [0.25, 0.3) is 5.56 Å². The van der Waals surface area contributed by atoms with Crippen LogP contribution in [0.15, 0.2) is 29.1 Å². The van der Waals surface area contributed by atoms with Gasteiger partial charge in [-0.15, -0.1) is 5.10 Å². The molecular weight excluding hydrogens is 388 g/mol. The standard InChI is InChI=1S/C24H34N6O/c1-5-17-11-12-20-18(15-17)16-19(23(31)25-20)21(29-13-9-7-8-10-14-29)22-26-27-28-30(22)24(3,4)6-2/h11-12,15-16,21H,5-10,13-14H2,1-4H3,(H,25,31)/p+1/t21-/m1/s1. The van der Waals surface area contributed by atoms with Crippen molar-refractivity contribution in [2.24, 2.45) is 0 Å². The summed E-state index contributed by atoms with van der Waals surface area (Å²) in [6.07, 6.45) is 6.69. The predicted molar refractivity (Wildman–Crippen MR) is 122 cm³/mol. The molecule has 1 atom stereocenters. The number of nitrogens with one attached hydrogen (secondary N) is 2. The molecule has 0 unspecified atom stereocenters. The summed E-state index contributed by atoms with van der Waals surface area (Å²) >= 11 is 0. The molecule has 4 rings (SSSR count). The van der Waals surface area contributed by atoms with Crippen LogP contribution < -0.4 is 10.5 Å². The Morgan fingerprint density at radius 2 is 1.87 bits per heavy atom. The molecule has 1 aromatic carbocycles. The Bertz CT molecular complexity index is 1090. The van der Waals surface area contributed by atoms with Crippen molar-refractivity contribution in [3.05, 3.63) is 51.6 Å². The number of fused-ring (bicyclic) bond motifs is 1. The minimum atomic E-state index is -0.221. The van der Waals surface area contributed by atoms with Crippen LogP contribution in [-0.4, -0.2) is 38.3 Å². The van der Waals surface area contributed by atoms with Crippen LogP contribution in [0.4, 0.5) is 0 Å². The van der Waals surface area contributed by atoms with E-state index in [1.54, 1.807) is 0 Å². The van der Waals surface area contributed by atoms with Crippen molar-refractivity contribution in [3.8, 4) is 0 Å². The summed E-state index contributed by atoms with van der Waals surface area (Å²) in [5, 5.41) is 14.0. The van der Waals surface area contributed by atoms with Gasteiger partial charge in [0, 0.05) is 5.52 Å². The number of tetrazole rings is 1. The van der Waals surface area contributed by atoms with E-state index in [1.165, 1.54) is 23.3 Å². The third-order valence-corrected chi connectivity index (χ3v) is 7.00. The fourth-order valence-corrected chi connectivity index (χ4v) is 4.68. The molecule has 0 saturated carbocycles. The molecule has 31 heavy (non-hydrogen) atoms. The highest BCUT2D eigenvalue weighted by molar-refractivity contribution is 5.79. The number of pyridine rings is 1. The monoisotopic (exact) mass is 423 g/mol. The topological polar surface area (TPSA) is 80.9 Å². The van der Waals surface area contributed by atoms with Gasteiger partial charge in [-0.2, -0.15) is 0 Å². The number of H-pyrrole nitrogens is 1. The molecule has 0 aliphatic carbocycles. The smallest absolute Gasteiger partial charge is 0.258 e. The molecule has 0 bridgehead atoms. The van der Waals surface area contributed by atoms with Gasteiger partial charge < -0.3 is 9.88 Å². The molecule has 1 saturated heterocycles.